The molecule has 4 bridgehead atoms. The number of rotatable bonds is 9. The van der Waals surface area contributed by atoms with Crippen molar-refractivity contribution >= 4 is 46.7 Å². The van der Waals surface area contributed by atoms with Gasteiger partial charge in [-0.2, -0.15) is 0 Å². The smallest absolute Gasteiger partial charge is 0.338 e. The Kier molecular flexibility index (Phi) is 14.6. The Morgan fingerprint density at radius 3 is 1.93 bits per heavy atom. The van der Waals surface area contributed by atoms with E-state index in [9.17, 15) is 24.3 Å². The fourth-order valence-electron chi connectivity index (χ4n) is 11.6. The summed E-state index contributed by atoms with van der Waals surface area (Å²) < 4.78 is 46.7. The molecule has 5 aliphatic rings. The van der Waals surface area contributed by atoms with Crippen LogP contribution in [0, 0.1) is 22.7 Å². The molecule has 1 amide bonds. The molecule has 4 fully saturated rings. The van der Waals surface area contributed by atoms with Crippen LogP contribution in [0.2, 0.25) is 26.2 Å². The highest BCUT2D eigenvalue weighted by Crippen LogP contribution is 2.65. The van der Waals surface area contributed by atoms with E-state index in [2.05, 4.69) is 5.32 Å². The molecule has 8 rings (SSSR count). The van der Waals surface area contributed by atoms with E-state index >= 15 is 4.79 Å². The van der Waals surface area contributed by atoms with Gasteiger partial charge in [-0.3, -0.25) is 19.2 Å². The Morgan fingerprint density at radius 2 is 1.37 bits per heavy atom. The van der Waals surface area contributed by atoms with Crippen LogP contribution in [0.1, 0.15) is 102 Å². The fourth-order valence-corrected chi connectivity index (χ4v) is 18.6. The number of carbonyl (C=O) groups is 5. The summed E-state index contributed by atoms with van der Waals surface area (Å²) in [4.78, 5) is 72.7. The molecule has 2 N–H and O–H groups in total. The Balaban J connectivity index is 0.00000381. The fraction of sp³-hybridized carbons (Fsp3) is 0.519. The molecule has 2 saturated carbocycles. The van der Waals surface area contributed by atoms with E-state index in [1.54, 1.807) is 95.3 Å². The summed E-state index contributed by atoms with van der Waals surface area (Å²) in [6.07, 6.45) is -6.16. The molecular weight excluding hydrogens is 903 g/mol. The van der Waals surface area contributed by atoms with Crippen molar-refractivity contribution in [3.05, 3.63) is 119 Å². The minimum atomic E-state index is -3.32. The highest BCUT2D eigenvalue weighted by molar-refractivity contribution is 6.78. The standard InChI is InChI=1S/C50H61NO13Si2.2CH4/c1-29-35(59-45(55)30(2)39(32-20-14-11-15-21-32)51-44(54)33-22-16-12-17-23-33)27-50(57)43(60-46(56)34-24-18-13-19-25-34)41-48(6)36(26-37-49(41,28-58-37)61-31(3)52)62-65(7,8)64-66(9,10)63-40(42(48)53)38(29)47(50,4)5;;/h11-25,30,35-37,39-41,43,57H,26-28H2,1-10H3,(H,51,54);2*1H4/t30-,35+,36+,37-,39-,40-,41+,43+,48-,49+,50-;;/m1../s1. The van der Waals surface area contributed by atoms with Crippen molar-refractivity contribution in [3.8, 4) is 0 Å². The first-order chi connectivity index (χ1) is 31.0. The first-order valence-electron chi connectivity index (χ1n) is 22.7. The van der Waals surface area contributed by atoms with Crippen LogP contribution in [-0.2, 0) is 46.3 Å². The summed E-state index contributed by atoms with van der Waals surface area (Å²) in [5, 5.41) is 17.2. The second kappa shape index (κ2) is 18.8. The second-order valence-corrected chi connectivity index (χ2v) is 27.1. The number of aliphatic hydroxyl groups is 1. The van der Waals surface area contributed by atoms with Crippen LogP contribution in [0.25, 0.3) is 0 Å². The summed E-state index contributed by atoms with van der Waals surface area (Å²) >= 11 is 0. The van der Waals surface area contributed by atoms with Gasteiger partial charge >= 0.3 is 35.0 Å². The van der Waals surface area contributed by atoms with E-state index in [0.717, 1.165) is 0 Å². The lowest BCUT2D eigenvalue weighted by Crippen LogP contribution is -2.82. The maximum Gasteiger partial charge on any atom is 0.338 e. The van der Waals surface area contributed by atoms with Gasteiger partial charge in [0, 0.05) is 30.7 Å². The predicted octanol–water partition coefficient (Wildman–Crippen LogP) is 8.19. The Bertz CT molecular complexity index is 2430. The SMILES string of the molecule is C.C.CC(=O)O[C@@]12CO[C@@H]1C[C@@H]1O[Si](C)(C)O[Si](C)(C)O[C@H]3C(=O)[C@@]1(C)[C@@H]2[C@H](OC(=O)c1ccccc1)[C@]1(O)C[C@H](OC(=O)[C@H](C)[C@@H](NC(=O)c2ccccc2)c2ccccc2)C(C)=C3C1(C)C. The van der Waals surface area contributed by atoms with Crippen molar-refractivity contribution in [3.63, 3.8) is 0 Å². The van der Waals surface area contributed by atoms with E-state index < -0.39 is 117 Å². The number of benzene rings is 3. The zero-order chi connectivity index (χ0) is 47.8. The third-order valence-electron chi connectivity index (χ3n) is 14.8. The van der Waals surface area contributed by atoms with Crippen LogP contribution in [0.4, 0.5) is 0 Å². The molecule has 2 heterocycles. The lowest BCUT2D eigenvalue weighted by molar-refractivity contribution is -0.344. The van der Waals surface area contributed by atoms with Gasteiger partial charge in [-0.1, -0.05) is 95.4 Å². The molecule has 2 saturated heterocycles. The zero-order valence-electron chi connectivity index (χ0n) is 39.2. The molecule has 68 heavy (non-hydrogen) atoms. The largest absolute Gasteiger partial charge is 0.457 e. The van der Waals surface area contributed by atoms with Crippen LogP contribution in [0.5, 0.6) is 0 Å². The maximum absolute atomic E-state index is 16.3. The number of nitrogens with one attached hydrogen (secondary N) is 1. The van der Waals surface area contributed by atoms with Crippen LogP contribution in [0.3, 0.4) is 0 Å². The lowest BCUT2D eigenvalue weighted by atomic mass is 9.44. The van der Waals surface area contributed by atoms with Crippen LogP contribution >= 0.6 is 0 Å². The van der Waals surface area contributed by atoms with Crippen molar-refractivity contribution in [2.24, 2.45) is 22.7 Å². The topological polar surface area (TPSA) is 182 Å². The first-order valence-corrected chi connectivity index (χ1v) is 28.3. The summed E-state index contributed by atoms with van der Waals surface area (Å²) in [5.74, 6) is -5.26. The molecule has 0 radical (unpaired) electrons. The van der Waals surface area contributed by atoms with E-state index in [4.69, 9.17) is 31.9 Å². The number of ketones is 1. The third kappa shape index (κ3) is 8.86. The molecule has 3 aromatic rings. The Morgan fingerprint density at radius 1 is 0.809 bits per heavy atom. The normalized spacial score (nSPS) is 32.6. The molecule has 11 atom stereocenters. The van der Waals surface area contributed by atoms with Crippen molar-refractivity contribution in [2.75, 3.05) is 6.61 Å². The molecular formula is C52H69NO13Si2. The average Bonchev–Trinajstić information content (AvgIpc) is 3.27. The molecule has 0 spiro atoms. The second-order valence-electron chi connectivity index (χ2n) is 20.2. The number of hydrogen-bond acceptors (Lipinski definition) is 13. The van der Waals surface area contributed by atoms with Gasteiger partial charge < -0.3 is 42.3 Å². The lowest BCUT2D eigenvalue weighted by Gasteiger charge is -2.68. The molecule has 3 aliphatic carbocycles. The predicted molar refractivity (Wildman–Crippen MR) is 259 cm³/mol. The highest BCUT2D eigenvalue weighted by atomic mass is 28.5. The zero-order valence-corrected chi connectivity index (χ0v) is 41.2. The van der Waals surface area contributed by atoms with Gasteiger partial charge in [-0.05, 0) is 87.9 Å². The number of carbonyl (C=O) groups excluding carboxylic acids is 5. The Hall–Kier alpha value is -4.82. The van der Waals surface area contributed by atoms with Gasteiger partial charge in [0.1, 0.15) is 30.0 Å². The third-order valence-corrected chi connectivity index (χ3v) is 20.4. The number of esters is 3. The average molecular weight is 972 g/mol. The van der Waals surface area contributed by atoms with Crippen molar-refractivity contribution in [1.82, 2.24) is 5.32 Å². The Labute approximate surface area is 402 Å². The van der Waals surface area contributed by atoms with E-state index in [1.165, 1.54) is 6.92 Å². The van der Waals surface area contributed by atoms with Crippen LogP contribution in [0.15, 0.2) is 102 Å². The molecule has 368 valence electrons. The van der Waals surface area contributed by atoms with Crippen LogP contribution in [-0.4, -0.2) is 100 Å². The number of hydrogen-bond donors (Lipinski definition) is 2. The summed E-state index contributed by atoms with van der Waals surface area (Å²) in [6, 6.07) is 25.2. The molecule has 3 aromatic carbocycles. The van der Waals surface area contributed by atoms with Gasteiger partial charge in [0.25, 0.3) is 5.91 Å². The number of amides is 1. The van der Waals surface area contributed by atoms with Gasteiger partial charge in [0.2, 0.25) is 0 Å². The van der Waals surface area contributed by atoms with Gasteiger partial charge in [-0.25, -0.2) is 4.79 Å². The first kappa shape index (κ1) is 52.6. The number of ether oxygens (including phenoxy) is 4. The summed E-state index contributed by atoms with van der Waals surface area (Å²) in [5.41, 5.74) is -4.82. The molecule has 2 aliphatic heterocycles. The minimum Gasteiger partial charge on any atom is -0.457 e. The van der Waals surface area contributed by atoms with Crippen molar-refractivity contribution in [2.45, 2.75) is 143 Å². The van der Waals surface area contributed by atoms with Gasteiger partial charge in [0.15, 0.2) is 11.4 Å². The molecule has 0 unspecified atom stereocenters. The quantitative estimate of drug-likeness (QED) is 0.0907. The number of Topliss-reactive ketones (excluding diaryl/α,β-unsaturated/α-hetero) is 1. The summed E-state index contributed by atoms with van der Waals surface area (Å²) in [6.45, 7) is 17.2. The van der Waals surface area contributed by atoms with E-state index in [0.29, 0.717) is 22.3 Å². The number of fused-ring (bicyclic) bond motifs is 6. The maximum atomic E-state index is 16.3. The highest BCUT2D eigenvalue weighted by Gasteiger charge is 2.79. The molecule has 14 nitrogen and oxygen atoms in total. The van der Waals surface area contributed by atoms with E-state index in [-0.39, 0.29) is 39.9 Å². The van der Waals surface area contributed by atoms with E-state index in [1.807, 2.05) is 56.5 Å². The van der Waals surface area contributed by atoms with Gasteiger partial charge in [0.05, 0.1) is 41.6 Å². The molecule has 0 aromatic heterocycles. The van der Waals surface area contributed by atoms with Crippen molar-refractivity contribution in [1.29, 1.82) is 0 Å². The van der Waals surface area contributed by atoms with Crippen molar-refractivity contribution < 1.29 is 61.0 Å². The molecule has 16 heteroatoms. The van der Waals surface area contributed by atoms with Gasteiger partial charge in [-0.15, -0.1) is 0 Å². The summed E-state index contributed by atoms with van der Waals surface area (Å²) in [7, 11) is -6.49. The minimum absolute atomic E-state index is 0. The monoisotopic (exact) mass is 971 g/mol. The van der Waals surface area contributed by atoms with Crippen LogP contribution < -0.4 is 5.32 Å².